The molecule has 6 atom stereocenters. The highest BCUT2D eigenvalue weighted by atomic mass is 31.2. The summed E-state index contributed by atoms with van der Waals surface area (Å²) >= 11 is 0. The summed E-state index contributed by atoms with van der Waals surface area (Å²) in [5.41, 5.74) is 2.72. The van der Waals surface area contributed by atoms with Crippen molar-refractivity contribution < 1.29 is 69.1 Å². The van der Waals surface area contributed by atoms with Gasteiger partial charge in [-0.15, -0.1) is 0 Å². The molecule has 0 amide bonds. The van der Waals surface area contributed by atoms with Crippen molar-refractivity contribution in [2.45, 2.75) is 88.9 Å². The quantitative estimate of drug-likeness (QED) is 0.0248. The molecule has 7 rings (SSSR count). The van der Waals surface area contributed by atoms with Crippen molar-refractivity contribution in [3.63, 3.8) is 0 Å². The van der Waals surface area contributed by atoms with Crippen LogP contribution in [0.15, 0.2) is 182 Å². The molecule has 0 aliphatic heterocycles. The fourth-order valence-corrected chi connectivity index (χ4v) is 16.2. The predicted octanol–water partition coefficient (Wildman–Crippen LogP) is 10.8. The van der Waals surface area contributed by atoms with E-state index in [9.17, 15) is 0 Å². The van der Waals surface area contributed by atoms with Gasteiger partial charge in [-0.1, -0.05) is 203 Å². The molecule has 0 spiro atoms. The molecule has 0 radical (unpaired) electrons. The maximum absolute atomic E-state index is 15.9. The van der Waals surface area contributed by atoms with Gasteiger partial charge < -0.3 is 32.8 Å². The van der Waals surface area contributed by atoms with Gasteiger partial charge in [0.15, 0.2) is 0 Å². The van der Waals surface area contributed by atoms with Crippen LogP contribution in [0.3, 0.4) is 0 Å². The fraction of sp³-hybridized carbons (Fsp3) is 0.357. The van der Waals surface area contributed by atoms with Crippen LogP contribution in [0.2, 0.25) is 5.04 Å². The number of hydrogen-bond donors (Lipinski definition) is 0. The van der Waals surface area contributed by atoms with Gasteiger partial charge in [-0.05, 0) is 37.7 Å². The minimum atomic E-state index is -4.81. The highest BCUT2D eigenvalue weighted by molar-refractivity contribution is 7.48. The molecule has 0 unspecified atom stereocenters. The van der Waals surface area contributed by atoms with Crippen LogP contribution in [0.1, 0.15) is 43.0 Å². The number of ether oxygens (including phenoxy) is 6. The molecule has 0 aromatic heterocycles. The lowest BCUT2D eigenvalue weighted by Gasteiger charge is -2.53. The molecule has 396 valence electrons. The van der Waals surface area contributed by atoms with E-state index in [2.05, 4.69) is 45.0 Å². The van der Waals surface area contributed by atoms with Crippen molar-refractivity contribution in [1.29, 1.82) is 0 Å². The van der Waals surface area contributed by atoms with Gasteiger partial charge in [-0.2, -0.15) is 0 Å². The SMILES string of the molecule is COCO[C@@H]1[C@H](OCOC)[C@@H](OP(=O)(OCc2ccccc2)OCc2ccccc2)[C@H](OP(=O)(OCc2ccccc2)OCc2ccccc2)[C@@H](OCOC)[C@@H]1O[Si](c1ccccc1)(c1ccccc1)C(C)(C)C. The van der Waals surface area contributed by atoms with Gasteiger partial charge in [0.2, 0.25) is 0 Å². The minimum absolute atomic E-state index is 0.194. The number of rotatable bonds is 29. The number of phosphoric ester groups is 2. The van der Waals surface area contributed by atoms with Crippen LogP contribution < -0.4 is 10.4 Å². The van der Waals surface area contributed by atoms with Crippen molar-refractivity contribution in [1.82, 2.24) is 0 Å². The molecular weight excluding hydrogens is 1000 g/mol. The van der Waals surface area contributed by atoms with Crippen molar-refractivity contribution in [2.75, 3.05) is 41.7 Å². The summed E-state index contributed by atoms with van der Waals surface area (Å²) in [7, 11) is -8.78. The Morgan fingerprint density at radius 2 is 0.635 bits per heavy atom. The molecule has 74 heavy (non-hydrogen) atoms. The standard InChI is InChI=1S/C56H68O15P2Si/c1-56(2,3)74(48-33-21-11-22-34-48,49-35-23-12-24-36-49)71-55-51(63-42-60-5)50(62-41-59-4)53(69-72(57,65-37-44-25-13-7-14-26-44)66-38-45-27-15-8-16-28-45)54(52(55)64-43-61-6)70-73(58,67-39-46-29-17-9-18-30-46)68-40-47-31-19-10-20-32-47/h7-36,50-55H,37-43H2,1-6H3/t50-,51+,52+,53+,54+,55+/m0/s1. The smallest absolute Gasteiger partial charge is 0.399 e. The van der Waals surface area contributed by atoms with Crippen LogP contribution in [0.5, 0.6) is 0 Å². The van der Waals surface area contributed by atoms with E-state index in [1.54, 1.807) is 0 Å². The first-order valence-corrected chi connectivity index (χ1v) is 29.1. The van der Waals surface area contributed by atoms with Crippen molar-refractivity contribution in [3.8, 4) is 0 Å². The Morgan fingerprint density at radius 3 is 0.905 bits per heavy atom. The Bertz CT molecular complexity index is 2490. The average Bonchev–Trinajstić information content (AvgIpc) is 3.43. The molecule has 15 nitrogen and oxygen atoms in total. The van der Waals surface area contributed by atoms with E-state index in [-0.39, 0.29) is 46.8 Å². The summed E-state index contributed by atoms with van der Waals surface area (Å²) in [6, 6.07) is 56.7. The van der Waals surface area contributed by atoms with E-state index in [0.29, 0.717) is 22.3 Å². The zero-order valence-corrected chi connectivity index (χ0v) is 45.5. The zero-order valence-electron chi connectivity index (χ0n) is 42.8. The first-order valence-electron chi connectivity index (χ1n) is 24.3. The molecule has 18 heteroatoms. The summed E-state index contributed by atoms with van der Waals surface area (Å²) in [5.74, 6) is 0. The average molecular weight is 1070 g/mol. The summed E-state index contributed by atoms with van der Waals surface area (Å²) in [5, 5.41) is 1.26. The second-order valence-electron chi connectivity index (χ2n) is 18.4. The second kappa shape index (κ2) is 28.0. The maximum atomic E-state index is 15.9. The zero-order chi connectivity index (χ0) is 52.3. The van der Waals surface area contributed by atoms with Crippen molar-refractivity contribution in [3.05, 3.63) is 204 Å². The monoisotopic (exact) mass is 1070 g/mol. The lowest BCUT2D eigenvalue weighted by Crippen LogP contribution is -2.74. The molecular formula is C56H68O15P2Si. The van der Waals surface area contributed by atoms with Gasteiger partial charge in [-0.25, -0.2) is 9.13 Å². The number of methoxy groups -OCH3 is 3. The Kier molecular flexibility index (Phi) is 21.7. The van der Waals surface area contributed by atoms with Crippen molar-refractivity contribution >= 4 is 34.3 Å². The van der Waals surface area contributed by atoms with Gasteiger partial charge in [-0.3, -0.25) is 27.1 Å². The van der Waals surface area contributed by atoms with Crippen molar-refractivity contribution in [2.24, 2.45) is 0 Å². The summed E-state index contributed by atoms with van der Waals surface area (Å²) in [6.07, 6.45) is -8.44. The van der Waals surface area contributed by atoms with Gasteiger partial charge in [0, 0.05) is 21.3 Å². The van der Waals surface area contributed by atoms with E-state index >= 15 is 9.13 Å². The second-order valence-corrected chi connectivity index (χ2v) is 25.9. The van der Waals surface area contributed by atoms with Crippen LogP contribution in [-0.4, -0.2) is 86.6 Å². The third-order valence-corrected chi connectivity index (χ3v) is 20.1. The number of phosphoric acid groups is 2. The van der Waals surface area contributed by atoms with Crippen LogP contribution in [0, 0.1) is 0 Å². The summed E-state index contributed by atoms with van der Waals surface area (Å²) in [6.45, 7) is 4.65. The molecule has 6 aromatic carbocycles. The molecule has 1 saturated carbocycles. The fourth-order valence-electron chi connectivity index (χ4n) is 8.81. The number of benzene rings is 6. The maximum Gasteiger partial charge on any atom is 0.475 e. The molecule has 0 bridgehead atoms. The van der Waals surface area contributed by atoms with Crippen LogP contribution >= 0.6 is 15.6 Å². The largest absolute Gasteiger partial charge is 0.475 e. The molecule has 6 aromatic rings. The molecule has 0 heterocycles. The van der Waals surface area contributed by atoms with Crippen LogP contribution in [0.4, 0.5) is 0 Å². The van der Waals surface area contributed by atoms with Crippen LogP contribution in [-0.2, 0) is 95.5 Å². The first kappa shape index (κ1) is 57.2. The normalized spacial score (nSPS) is 19.6. The van der Waals surface area contributed by atoms with E-state index in [0.717, 1.165) is 10.4 Å². The van der Waals surface area contributed by atoms with E-state index in [4.69, 9.17) is 60.0 Å². The highest BCUT2D eigenvalue weighted by Gasteiger charge is 2.63. The first-order chi connectivity index (χ1) is 35.9. The summed E-state index contributed by atoms with van der Waals surface area (Å²) in [4.78, 5) is 0. The van der Waals surface area contributed by atoms with Gasteiger partial charge in [0.05, 0.1) is 26.4 Å². The minimum Gasteiger partial charge on any atom is -0.399 e. The topological polar surface area (TPSA) is 154 Å². The molecule has 0 saturated heterocycles. The third kappa shape index (κ3) is 15.3. The molecule has 1 aliphatic carbocycles. The molecule has 1 aliphatic rings. The molecule has 0 N–H and O–H groups in total. The highest BCUT2D eigenvalue weighted by Crippen LogP contribution is 2.59. The van der Waals surface area contributed by atoms with E-state index in [1.165, 1.54) is 21.3 Å². The lowest BCUT2D eigenvalue weighted by molar-refractivity contribution is -0.278. The van der Waals surface area contributed by atoms with Crippen LogP contribution in [0.25, 0.3) is 0 Å². The Hall–Kier alpha value is -4.52. The van der Waals surface area contributed by atoms with E-state index < -0.39 is 65.6 Å². The van der Waals surface area contributed by atoms with Gasteiger partial charge in [0.1, 0.15) is 57.0 Å². The Morgan fingerprint density at radius 1 is 0.378 bits per heavy atom. The lowest BCUT2D eigenvalue weighted by atomic mass is 9.84. The number of hydrogen-bond acceptors (Lipinski definition) is 15. The van der Waals surface area contributed by atoms with E-state index in [1.807, 2.05) is 158 Å². The summed E-state index contributed by atoms with van der Waals surface area (Å²) < 4.78 is 115. The van der Waals surface area contributed by atoms with Gasteiger partial charge in [0.25, 0.3) is 8.32 Å². The predicted molar refractivity (Wildman–Crippen MR) is 283 cm³/mol. The Labute approximate surface area is 436 Å². The third-order valence-electron chi connectivity index (χ3n) is 12.2. The Balaban J connectivity index is 1.45. The van der Waals surface area contributed by atoms with Gasteiger partial charge >= 0.3 is 15.6 Å². The molecule has 1 fully saturated rings.